The fraction of sp³-hybridized carbons (Fsp3) is 0.0455. The van der Waals surface area contributed by atoms with Crippen molar-refractivity contribution in [1.29, 1.82) is 0 Å². The monoisotopic (exact) mass is 605 g/mol. The van der Waals surface area contributed by atoms with Crippen molar-refractivity contribution in [2.45, 2.75) is 11.5 Å². The molecule has 0 saturated carbocycles. The van der Waals surface area contributed by atoms with Gasteiger partial charge in [-0.25, -0.2) is 0 Å². The Morgan fingerprint density at radius 3 is 1.43 bits per heavy atom. The third-order valence-corrected chi connectivity index (χ3v) is 10.4. The zero-order valence-corrected chi connectivity index (χ0v) is 26.2. The predicted molar refractivity (Wildman–Crippen MR) is 198 cm³/mol. The van der Waals surface area contributed by atoms with Gasteiger partial charge in [0.25, 0.3) is 0 Å². The van der Waals surface area contributed by atoms with Gasteiger partial charge in [-0.05, 0) is 104 Å². The number of aromatic nitrogens is 1. The smallest absolute Gasteiger partial charge is 0.0541 e. The van der Waals surface area contributed by atoms with E-state index in [9.17, 15) is 0 Å². The molecule has 0 N–H and O–H groups in total. The molecule has 1 aliphatic rings. The van der Waals surface area contributed by atoms with Gasteiger partial charge in [-0.3, -0.25) is 0 Å². The summed E-state index contributed by atoms with van der Waals surface area (Å²) in [6.07, 6.45) is 0. The van der Waals surface area contributed by atoms with Gasteiger partial charge in [0.2, 0.25) is 0 Å². The lowest BCUT2D eigenvalue weighted by Crippen LogP contribution is -1.97. The Morgan fingerprint density at radius 2 is 0.848 bits per heavy atom. The first-order valence-electron chi connectivity index (χ1n) is 15.9. The molecule has 1 aromatic heterocycles. The van der Waals surface area contributed by atoms with Crippen molar-refractivity contribution < 1.29 is 0 Å². The van der Waals surface area contributed by atoms with Crippen LogP contribution in [0.1, 0.15) is 11.1 Å². The van der Waals surface area contributed by atoms with E-state index < -0.39 is 0 Å². The number of nitrogens with zero attached hydrogens (tertiary/aromatic N) is 1. The minimum Gasteiger partial charge on any atom is -0.309 e. The van der Waals surface area contributed by atoms with Crippen LogP contribution in [0.2, 0.25) is 0 Å². The van der Waals surface area contributed by atoms with Crippen molar-refractivity contribution >= 4 is 33.6 Å². The van der Waals surface area contributed by atoms with Crippen LogP contribution in [0.4, 0.5) is 0 Å². The van der Waals surface area contributed by atoms with E-state index in [1.54, 1.807) is 0 Å². The number of fused-ring (bicyclic) bond motifs is 6. The van der Waals surface area contributed by atoms with Crippen LogP contribution in [0, 0.1) is 0 Å². The number of para-hydroxylation sites is 2. The van der Waals surface area contributed by atoms with Crippen molar-refractivity contribution in [2.24, 2.45) is 0 Å². The molecule has 0 atom stereocenters. The van der Waals surface area contributed by atoms with E-state index in [1.165, 1.54) is 83.1 Å². The zero-order valence-electron chi connectivity index (χ0n) is 25.4. The second kappa shape index (κ2) is 11.2. The van der Waals surface area contributed by atoms with Gasteiger partial charge in [0.05, 0.1) is 11.0 Å². The molecule has 2 heterocycles. The van der Waals surface area contributed by atoms with Gasteiger partial charge in [0.1, 0.15) is 0 Å². The second-order valence-electron chi connectivity index (χ2n) is 12.1. The van der Waals surface area contributed by atoms with Crippen molar-refractivity contribution in [3.63, 3.8) is 0 Å². The first-order chi connectivity index (χ1) is 22.8. The fourth-order valence-electron chi connectivity index (χ4n) is 7.07. The standard InChI is InChI=1S/C44H31NS/c1-3-11-30(12-4-1)35-23-36(31-13-5-2-6-14-31)25-37(24-35)32-19-20-33-28-46-29-34-21-22-38(27-42(34)41(33)26-32)45-43-17-9-7-15-39(43)40-16-8-10-18-44(40)45/h1-27H,28-29H2. The highest BCUT2D eigenvalue weighted by Gasteiger charge is 2.19. The van der Waals surface area contributed by atoms with E-state index in [-0.39, 0.29) is 0 Å². The highest BCUT2D eigenvalue weighted by atomic mass is 32.2. The lowest BCUT2D eigenvalue weighted by atomic mass is 9.90. The minimum atomic E-state index is 1.01. The SMILES string of the molecule is c1ccc(-c2cc(-c3ccccc3)cc(-c3ccc4c(c3)-c3cc(-n5c6ccccc6c6ccccc65)ccc3CSC4)c2)cc1. The molecule has 218 valence electrons. The minimum absolute atomic E-state index is 1.01. The molecule has 1 aliphatic heterocycles. The van der Waals surface area contributed by atoms with Gasteiger partial charge in [-0.15, -0.1) is 0 Å². The lowest BCUT2D eigenvalue weighted by molar-refractivity contribution is 1.17. The molecule has 0 saturated heterocycles. The van der Waals surface area contributed by atoms with Crippen molar-refractivity contribution in [2.75, 3.05) is 0 Å². The summed E-state index contributed by atoms with van der Waals surface area (Å²) < 4.78 is 2.43. The predicted octanol–water partition coefficient (Wildman–Crippen LogP) is 12.2. The fourth-order valence-corrected chi connectivity index (χ4v) is 8.12. The Kier molecular flexibility index (Phi) is 6.61. The van der Waals surface area contributed by atoms with Gasteiger partial charge < -0.3 is 4.57 Å². The molecular formula is C44H31NS. The van der Waals surface area contributed by atoms with Crippen molar-refractivity contribution in [3.8, 4) is 50.2 Å². The molecule has 9 rings (SSSR count). The number of benzene rings is 7. The number of rotatable bonds is 4. The highest BCUT2D eigenvalue weighted by Crippen LogP contribution is 2.42. The molecule has 0 aliphatic carbocycles. The molecule has 2 heteroatoms. The van der Waals surface area contributed by atoms with Gasteiger partial charge in [0, 0.05) is 28.0 Å². The van der Waals surface area contributed by atoms with Crippen LogP contribution < -0.4 is 0 Å². The van der Waals surface area contributed by atoms with Gasteiger partial charge >= 0.3 is 0 Å². The first-order valence-corrected chi connectivity index (χ1v) is 17.0. The van der Waals surface area contributed by atoms with E-state index in [0.29, 0.717) is 0 Å². The third-order valence-electron chi connectivity index (χ3n) is 9.33. The molecule has 0 fully saturated rings. The molecular weight excluding hydrogens is 575 g/mol. The number of hydrogen-bond donors (Lipinski definition) is 0. The van der Waals surface area contributed by atoms with Gasteiger partial charge in [-0.2, -0.15) is 11.8 Å². The zero-order chi connectivity index (χ0) is 30.5. The average Bonchev–Trinajstić information content (AvgIpc) is 3.35. The van der Waals surface area contributed by atoms with E-state index >= 15 is 0 Å². The summed E-state index contributed by atoms with van der Waals surface area (Å²) in [5.41, 5.74) is 16.6. The van der Waals surface area contributed by atoms with Crippen molar-refractivity contribution in [3.05, 3.63) is 175 Å². The normalized spacial score (nSPS) is 12.5. The molecule has 0 radical (unpaired) electrons. The van der Waals surface area contributed by atoms with Crippen LogP contribution in [0.25, 0.3) is 72.0 Å². The van der Waals surface area contributed by atoms with Crippen LogP contribution >= 0.6 is 11.8 Å². The Morgan fingerprint density at radius 1 is 0.370 bits per heavy atom. The van der Waals surface area contributed by atoms with E-state index in [4.69, 9.17) is 0 Å². The number of thioether (sulfide) groups is 1. The molecule has 7 aromatic carbocycles. The Balaban J connectivity index is 1.23. The summed E-state index contributed by atoms with van der Waals surface area (Å²) in [5.74, 6) is 2.02. The molecule has 0 bridgehead atoms. The Bertz CT molecular complexity index is 2270. The average molecular weight is 606 g/mol. The third kappa shape index (κ3) is 4.65. The topological polar surface area (TPSA) is 4.93 Å². The summed E-state index contributed by atoms with van der Waals surface area (Å²) in [5, 5.41) is 2.58. The lowest BCUT2D eigenvalue weighted by Gasteiger charge is -2.16. The molecule has 0 amide bonds. The quantitative estimate of drug-likeness (QED) is 0.193. The van der Waals surface area contributed by atoms with Crippen LogP contribution in [0.15, 0.2) is 164 Å². The maximum Gasteiger partial charge on any atom is 0.0541 e. The molecule has 8 aromatic rings. The maximum absolute atomic E-state index is 2.44. The van der Waals surface area contributed by atoms with Crippen LogP contribution in [0.3, 0.4) is 0 Å². The summed E-state index contributed by atoms with van der Waals surface area (Å²) >= 11 is 2.00. The highest BCUT2D eigenvalue weighted by molar-refractivity contribution is 7.97. The van der Waals surface area contributed by atoms with Crippen LogP contribution in [-0.4, -0.2) is 4.57 Å². The Labute approximate surface area is 273 Å². The first kappa shape index (κ1) is 27.0. The largest absolute Gasteiger partial charge is 0.309 e. The van der Waals surface area contributed by atoms with Crippen molar-refractivity contribution in [1.82, 2.24) is 4.57 Å². The summed E-state index contributed by atoms with van der Waals surface area (Å²) in [6, 6.07) is 60.2. The summed E-state index contributed by atoms with van der Waals surface area (Å²) in [7, 11) is 0. The molecule has 46 heavy (non-hydrogen) atoms. The maximum atomic E-state index is 2.44. The summed E-state index contributed by atoms with van der Waals surface area (Å²) in [6.45, 7) is 0. The molecule has 1 nitrogen and oxygen atoms in total. The second-order valence-corrected chi connectivity index (χ2v) is 13.1. The number of hydrogen-bond acceptors (Lipinski definition) is 1. The summed E-state index contributed by atoms with van der Waals surface area (Å²) in [4.78, 5) is 0. The van der Waals surface area contributed by atoms with E-state index in [1.807, 2.05) is 11.8 Å². The van der Waals surface area contributed by atoms with Gasteiger partial charge in [-0.1, -0.05) is 115 Å². The van der Waals surface area contributed by atoms with E-state index in [2.05, 4.69) is 168 Å². The van der Waals surface area contributed by atoms with Gasteiger partial charge in [0.15, 0.2) is 0 Å². The molecule has 0 spiro atoms. The van der Waals surface area contributed by atoms with E-state index in [0.717, 1.165) is 11.5 Å². The van der Waals surface area contributed by atoms with Crippen LogP contribution in [-0.2, 0) is 11.5 Å². The molecule has 0 unspecified atom stereocenters. The van der Waals surface area contributed by atoms with Crippen LogP contribution in [0.5, 0.6) is 0 Å². The Hall–Kier alpha value is -5.31.